The van der Waals surface area contributed by atoms with Gasteiger partial charge in [0.2, 0.25) is 5.95 Å². The zero-order valence-electron chi connectivity index (χ0n) is 14.7. The fourth-order valence-corrected chi connectivity index (χ4v) is 3.44. The zero-order valence-corrected chi connectivity index (χ0v) is 14.7. The summed E-state index contributed by atoms with van der Waals surface area (Å²) in [5, 5.41) is 17.3. The molecule has 2 N–H and O–H groups in total. The predicted molar refractivity (Wildman–Crippen MR) is 99.6 cm³/mol. The first kappa shape index (κ1) is 16.7. The molecule has 1 aliphatic rings. The molecule has 3 aromatic rings. The maximum atomic E-state index is 9.66. The number of hydrogen-bond acceptors (Lipinski definition) is 6. The Balaban J connectivity index is 1.62. The van der Waals surface area contributed by atoms with E-state index in [9.17, 15) is 5.11 Å². The Kier molecular flexibility index (Phi) is 4.67. The van der Waals surface area contributed by atoms with Crippen molar-refractivity contribution in [2.75, 3.05) is 5.32 Å². The smallest absolute Gasteiger partial charge is 0.223 e. The van der Waals surface area contributed by atoms with Crippen molar-refractivity contribution in [2.24, 2.45) is 0 Å². The fourth-order valence-electron chi connectivity index (χ4n) is 3.44. The monoisotopic (exact) mass is 350 g/mol. The second-order valence-electron chi connectivity index (χ2n) is 6.74. The van der Waals surface area contributed by atoms with Crippen LogP contribution in [-0.4, -0.2) is 32.4 Å². The minimum absolute atomic E-state index is 0.173. The molecule has 2 heterocycles. The summed E-state index contributed by atoms with van der Waals surface area (Å²) in [4.78, 5) is 9.05. The van der Waals surface area contributed by atoms with Gasteiger partial charge in [-0.3, -0.25) is 0 Å². The molecule has 0 amide bonds. The van der Waals surface area contributed by atoms with E-state index in [0.29, 0.717) is 12.0 Å². The van der Waals surface area contributed by atoms with E-state index >= 15 is 0 Å². The molecule has 6 heteroatoms. The molecule has 0 saturated heterocycles. The van der Waals surface area contributed by atoms with Crippen molar-refractivity contribution in [3.8, 4) is 22.5 Å². The second-order valence-corrected chi connectivity index (χ2v) is 6.74. The number of anilines is 1. The van der Waals surface area contributed by atoms with Crippen LogP contribution in [0.15, 0.2) is 47.1 Å². The number of aliphatic hydroxyl groups is 1. The lowest BCUT2D eigenvalue weighted by Crippen LogP contribution is -2.28. The lowest BCUT2D eigenvalue weighted by atomic mass is 9.93. The summed E-state index contributed by atoms with van der Waals surface area (Å²) in [5.41, 5.74) is 3.46. The number of nitrogens with zero attached hydrogens (tertiary/aromatic N) is 3. The number of nitrogens with one attached hydrogen (secondary N) is 1. The van der Waals surface area contributed by atoms with Gasteiger partial charge in [0.25, 0.3) is 0 Å². The second kappa shape index (κ2) is 7.25. The molecular weight excluding hydrogens is 328 g/mol. The molecule has 0 radical (unpaired) electrons. The van der Waals surface area contributed by atoms with Crippen LogP contribution in [0.4, 0.5) is 5.95 Å². The van der Waals surface area contributed by atoms with Gasteiger partial charge in [0.1, 0.15) is 11.5 Å². The first-order valence-electron chi connectivity index (χ1n) is 9.00. The normalized spacial score (nSPS) is 20.1. The van der Waals surface area contributed by atoms with E-state index in [4.69, 9.17) is 9.51 Å². The van der Waals surface area contributed by atoms with Crippen LogP contribution in [0.3, 0.4) is 0 Å². The van der Waals surface area contributed by atoms with Crippen molar-refractivity contribution in [3.63, 3.8) is 0 Å². The molecular formula is C20H22N4O2. The van der Waals surface area contributed by atoms with Crippen LogP contribution >= 0.6 is 0 Å². The standard InChI is InChI=1S/C20H22N4O2/c1-13-18(19(24-26-13)14-5-3-2-4-6-14)17-11-12-21-20(23-17)22-15-7-9-16(25)10-8-15/h2-6,11-12,15-16,25H,7-10H2,1H3,(H,21,22,23). The molecule has 134 valence electrons. The van der Waals surface area contributed by atoms with E-state index in [2.05, 4.69) is 15.5 Å². The summed E-state index contributed by atoms with van der Waals surface area (Å²) in [5.74, 6) is 1.33. The van der Waals surface area contributed by atoms with Crippen molar-refractivity contribution in [3.05, 3.63) is 48.4 Å². The average Bonchev–Trinajstić information content (AvgIpc) is 3.06. The van der Waals surface area contributed by atoms with Gasteiger partial charge in [-0.15, -0.1) is 0 Å². The number of rotatable bonds is 4. The van der Waals surface area contributed by atoms with E-state index in [0.717, 1.165) is 54.0 Å². The summed E-state index contributed by atoms with van der Waals surface area (Å²) in [6, 6.07) is 12.1. The highest BCUT2D eigenvalue weighted by Gasteiger charge is 2.21. The molecule has 1 aromatic carbocycles. The van der Waals surface area contributed by atoms with Gasteiger partial charge in [-0.25, -0.2) is 9.97 Å². The van der Waals surface area contributed by atoms with Crippen molar-refractivity contribution in [2.45, 2.75) is 44.8 Å². The number of aliphatic hydroxyl groups excluding tert-OH is 1. The van der Waals surface area contributed by atoms with Crippen molar-refractivity contribution >= 4 is 5.95 Å². The third-order valence-electron chi connectivity index (χ3n) is 4.85. The van der Waals surface area contributed by atoms with Gasteiger partial charge in [0, 0.05) is 17.8 Å². The van der Waals surface area contributed by atoms with Gasteiger partial charge < -0.3 is 14.9 Å². The highest BCUT2D eigenvalue weighted by Crippen LogP contribution is 2.33. The van der Waals surface area contributed by atoms with E-state index in [1.807, 2.05) is 43.3 Å². The molecule has 6 nitrogen and oxygen atoms in total. The summed E-state index contributed by atoms with van der Waals surface area (Å²) in [6.45, 7) is 1.90. The minimum Gasteiger partial charge on any atom is -0.393 e. The Bertz CT molecular complexity index is 871. The first-order chi connectivity index (χ1) is 12.7. The molecule has 0 spiro atoms. The SMILES string of the molecule is Cc1onc(-c2ccccc2)c1-c1ccnc(NC2CCC(O)CC2)n1. The van der Waals surface area contributed by atoms with Crippen LogP contribution in [0.1, 0.15) is 31.4 Å². The van der Waals surface area contributed by atoms with Crippen LogP contribution < -0.4 is 5.32 Å². The molecule has 2 aromatic heterocycles. The van der Waals surface area contributed by atoms with Gasteiger partial charge in [-0.05, 0) is 38.7 Å². The molecule has 1 aliphatic carbocycles. The first-order valence-corrected chi connectivity index (χ1v) is 9.00. The van der Waals surface area contributed by atoms with E-state index in [-0.39, 0.29) is 6.10 Å². The van der Waals surface area contributed by atoms with Crippen LogP contribution in [0.5, 0.6) is 0 Å². The van der Waals surface area contributed by atoms with Gasteiger partial charge in [-0.2, -0.15) is 0 Å². The maximum absolute atomic E-state index is 9.66. The van der Waals surface area contributed by atoms with Crippen LogP contribution in [0.2, 0.25) is 0 Å². The number of benzene rings is 1. The highest BCUT2D eigenvalue weighted by atomic mass is 16.5. The molecule has 0 atom stereocenters. The summed E-state index contributed by atoms with van der Waals surface area (Å²) in [7, 11) is 0. The quantitative estimate of drug-likeness (QED) is 0.744. The van der Waals surface area contributed by atoms with Crippen molar-refractivity contribution < 1.29 is 9.63 Å². The fraction of sp³-hybridized carbons (Fsp3) is 0.350. The Hall–Kier alpha value is -2.73. The summed E-state index contributed by atoms with van der Waals surface area (Å²) in [6.07, 6.45) is 5.07. The van der Waals surface area contributed by atoms with E-state index in [1.54, 1.807) is 6.20 Å². The third kappa shape index (κ3) is 3.46. The van der Waals surface area contributed by atoms with Gasteiger partial charge in [0.05, 0.1) is 17.4 Å². The number of aromatic nitrogens is 3. The van der Waals surface area contributed by atoms with E-state index in [1.165, 1.54) is 0 Å². The zero-order chi connectivity index (χ0) is 17.9. The largest absolute Gasteiger partial charge is 0.393 e. The minimum atomic E-state index is -0.173. The third-order valence-corrected chi connectivity index (χ3v) is 4.85. The number of hydrogen-bond donors (Lipinski definition) is 2. The molecule has 1 fully saturated rings. The molecule has 0 unspecified atom stereocenters. The molecule has 0 bridgehead atoms. The van der Waals surface area contributed by atoms with Crippen LogP contribution in [-0.2, 0) is 0 Å². The van der Waals surface area contributed by atoms with Crippen LogP contribution in [0.25, 0.3) is 22.5 Å². The van der Waals surface area contributed by atoms with Gasteiger partial charge >= 0.3 is 0 Å². The highest BCUT2D eigenvalue weighted by molar-refractivity contribution is 5.80. The maximum Gasteiger partial charge on any atom is 0.223 e. The molecule has 0 aliphatic heterocycles. The van der Waals surface area contributed by atoms with Crippen molar-refractivity contribution in [1.82, 2.24) is 15.1 Å². The molecule has 26 heavy (non-hydrogen) atoms. The Morgan fingerprint density at radius 1 is 1.08 bits per heavy atom. The average molecular weight is 350 g/mol. The molecule has 1 saturated carbocycles. The Morgan fingerprint density at radius 3 is 2.62 bits per heavy atom. The molecule has 4 rings (SSSR count). The lowest BCUT2D eigenvalue weighted by molar-refractivity contribution is 0.126. The van der Waals surface area contributed by atoms with Crippen LogP contribution in [0, 0.1) is 6.92 Å². The van der Waals surface area contributed by atoms with Crippen molar-refractivity contribution in [1.29, 1.82) is 0 Å². The predicted octanol–water partition coefficient (Wildman–Crippen LogP) is 3.82. The Labute approximate surface area is 152 Å². The lowest BCUT2D eigenvalue weighted by Gasteiger charge is -2.26. The van der Waals surface area contributed by atoms with Gasteiger partial charge in [-0.1, -0.05) is 35.5 Å². The summed E-state index contributed by atoms with van der Waals surface area (Å²) >= 11 is 0. The van der Waals surface area contributed by atoms with Gasteiger partial charge in [0.15, 0.2) is 0 Å². The Morgan fingerprint density at radius 2 is 1.85 bits per heavy atom. The summed E-state index contributed by atoms with van der Waals surface area (Å²) < 4.78 is 5.45. The number of aryl methyl sites for hydroxylation is 1. The topological polar surface area (TPSA) is 84.1 Å². The van der Waals surface area contributed by atoms with E-state index < -0.39 is 0 Å².